The summed E-state index contributed by atoms with van der Waals surface area (Å²) in [6, 6.07) is -9.15. The Morgan fingerprint density at radius 3 is 1.84 bits per heavy atom. The Bertz CT molecular complexity index is 3020. The molecule has 96 heavy (non-hydrogen) atoms. The van der Waals surface area contributed by atoms with Crippen molar-refractivity contribution in [1.29, 1.82) is 0 Å². The maximum absolute atomic E-state index is 15.2. The molecule has 2 saturated carbocycles. The van der Waals surface area contributed by atoms with Crippen LogP contribution in [0.25, 0.3) is 0 Å². The van der Waals surface area contributed by atoms with Crippen LogP contribution < -0.4 is 16.0 Å². The quantitative estimate of drug-likeness (QED) is 0.272. The molecule has 3 N–H and O–H groups in total. The van der Waals surface area contributed by atoms with Gasteiger partial charge in [0.05, 0.1) is 23.6 Å². The minimum atomic E-state index is -4.76. The number of amides is 12. The Kier molecular flexibility index (Phi) is 27.6. The van der Waals surface area contributed by atoms with Gasteiger partial charge in [0.1, 0.15) is 60.4 Å². The molecule has 24 nitrogen and oxygen atoms in total. The van der Waals surface area contributed by atoms with Gasteiger partial charge < -0.3 is 60.0 Å². The molecule has 5 aliphatic rings. The van der Waals surface area contributed by atoms with Crippen molar-refractivity contribution in [3.05, 3.63) is 34.3 Å². The van der Waals surface area contributed by atoms with E-state index in [0.29, 0.717) is 31.2 Å². The van der Waals surface area contributed by atoms with E-state index in [4.69, 9.17) is 11.6 Å². The van der Waals surface area contributed by atoms with E-state index in [1.54, 1.807) is 6.92 Å². The SMILES string of the molecule is CC[C@H](C)[C@@H]1NC(=O)[C@H](CC(C)C)N(C)C(=O)C[C@@H](C(=O)N(C)C)N(C)C(=O)[C@H](C2CCCC2)N(C)C(=O)[C@H](C)NC(=O)[C@@H]2CCCN2C(=O)[C@H](CCc2ccc(C(F)(F)F)c(Cl)c2)NC(=O)CN(C)C(=O)[C@H](CC2CCCCC2)N(C)C(=O)[C@@H]2CCN2C(=O)[C@H](C)N(C)C1=O. The van der Waals surface area contributed by atoms with E-state index in [1.165, 1.54) is 111 Å². The number of carbonyl (C=O) groups is 12. The largest absolute Gasteiger partial charge is 0.417 e. The number of alkyl halides is 3. The van der Waals surface area contributed by atoms with Crippen molar-refractivity contribution in [2.75, 3.05) is 76.0 Å². The third-order valence-corrected chi connectivity index (χ3v) is 21.0. The van der Waals surface area contributed by atoms with Crippen LogP contribution in [0.3, 0.4) is 0 Å². The van der Waals surface area contributed by atoms with E-state index in [-0.39, 0.29) is 63.5 Å². The van der Waals surface area contributed by atoms with Crippen LogP contribution in [-0.4, -0.2) is 251 Å². The highest BCUT2D eigenvalue weighted by molar-refractivity contribution is 6.31. The molecular weight excluding hydrogens is 1270 g/mol. The summed E-state index contributed by atoms with van der Waals surface area (Å²) in [6.45, 7) is 9.79. The van der Waals surface area contributed by atoms with Gasteiger partial charge in [0, 0.05) is 69.5 Å². The van der Waals surface area contributed by atoms with Crippen molar-refractivity contribution in [1.82, 2.24) is 60.0 Å². The Labute approximate surface area is 568 Å². The maximum atomic E-state index is 15.2. The van der Waals surface area contributed by atoms with Gasteiger partial charge in [-0.1, -0.05) is 96.7 Å². The zero-order chi connectivity index (χ0) is 71.5. The number of aryl methyl sites for hydroxylation is 1. The molecule has 1 aromatic rings. The van der Waals surface area contributed by atoms with Crippen molar-refractivity contribution in [2.24, 2.45) is 23.7 Å². The first-order chi connectivity index (χ1) is 45.0. The maximum Gasteiger partial charge on any atom is 0.417 e. The number of nitrogens with zero attached hydrogens (tertiary/aromatic N) is 9. The minimum Gasteiger partial charge on any atom is -0.347 e. The number of nitrogens with one attached hydrogen (secondary N) is 3. The molecule has 11 atom stereocenters. The van der Waals surface area contributed by atoms with Crippen molar-refractivity contribution in [2.45, 2.75) is 224 Å². The average Bonchev–Trinajstić information content (AvgIpc) is 0.801. The highest BCUT2D eigenvalue weighted by Gasteiger charge is 2.48. The zero-order valence-corrected chi connectivity index (χ0v) is 59.4. The first-order valence-corrected chi connectivity index (χ1v) is 34.5. The van der Waals surface area contributed by atoms with Gasteiger partial charge in [-0.3, -0.25) is 57.5 Å². The molecule has 536 valence electrons. The lowest BCUT2D eigenvalue weighted by Gasteiger charge is -2.45. The van der Waals surface area contributed by atoms with Gasteiger partial charge in [-0.05, 0) is 113 Å². The fraction of sp³-hybridized carbons (Fsp3) is 0.735. The molecule has 28 heteroatoms. The van der Waals surface area contributed by atoms with E-state index in [2.05, 4.69) is 16.0 Å². The molecule has 3 saturated heterocycles. The summed E-state index contributed by atoms with van der Waals surface area (Å²) in [5, 5.41) is 7.80. The number of hydrogen-bond donors (Lipinski definition) is 3. The molecule has 6 rings (SSSR count). The Balaban J connectivity index is 1.40. The second-order valence-electron chi connectivity index (χ2n) is 28.1. The van der Waals surface area contributed by atoms with Crippen LogP contribution in [0, 0.1) is 23.7 Å². The molecule has 3 aliphatic heterocycles. The molecule has 0 spiro atoms. The molecule has 0 unspecified atom stereocenters. The summed E-state index contributed by atoms with van der Waals surface area (Å²) < 4.78 is 41.4. The van der Waals surface area contributed by atoms with E-state index < -0.39 is 173 Å². The number of carbonyl (C=O) groups excluding carboxylic acids is 12. The molecule has 2 aliphatic carbocycles. The Hall–Kier alpha value is -7.06. The molecule has 1 aromatic carbocycles. The summed E-state index contributed by atoms with van der Waals surface area (Å²) in [5.74, 6) is -9.04. The van der Waals surface area contributed by atoms with Gasteiger partial charge >= 0.3 is 6.18 Å². The van der Waals surface area contributed by atoms with Crippen LogP contribution in [0.1, 0.15) is 162 Å². The standard InChI is InChI=1S/C68H104ClF3N12O12/c1-15-40(4)56-66(95)78(10)42(6)61(90)84-33-31-50(84)65(94)80(12)52(36-43-22-17-16-18-23-43)64(93)77(9)38-54(85)74-48(30-28-44-27-29-46(47(69)35-44)68(70,71)72)62(91)83-32-21-26-49(83)58(87)73-41(5)60(89)82(14)57(45-24-19-20-25-45)67(96)81(13)53(63(92)76(7)8)37-55(86)79(11)51(34-39(2)3)59(88)75-56/h27,29,35,39-43,45,48-53,56-57H,15-26,28,30-34,36-38H2,1-14H3,(H,73,87)(H,74,85)(H,75,88)/t40-,41-,42-,48-,49-,50-,51-,52-,53-,56-,57-/m0/s1. The molecule has 5 fully saturated rings. The predicted octanol–water partition coefficient (Wildman–Crippen LogP) is 4.72. The second kappa shape index (κ2) is 33.9. The van der Waals surface area contributed by atoms with Crippen molar-refractivity contribution in [3.63, 3.8) is 0 Å². The van der Waals surface area contributed by atoms with Gasteiger partial charge in [0.2, 0.25) is 70.9 Å². The topological polar surface area (TPSA) is 270 Å². The molecule has 3 heterocycles. The van der Waals surface area contributed by atoms with E-state index in [0.717, 1.165) is 66.9 Å². The number of rotatable bonds is 11. The molecule has 0 radical (unpaired) electrons. The number of halogens is 4. The lowest BCUT2D eigenvalue weighted by Crippen LogP contribution is -2.65. The summed E-state index contributed by atoms with van der Waals surface area (Å²) in [7, 11) is 11.4. The highest BCUT2D eigenvalue weighted by Crippen LogP contribution is 2.37. The first-order valence-electron chi connectivity index (χ1n) is 34.2. The van der Waals surface area contributed by atoms with Crippen LogP contribution in [0.4, 0.5) is 13.2 Å². The van der Waals surface area contributed by atoms with Gasteiger partial charge in [0.15, 0.2) is 0 Å². The van der Waals surface area contributed by atoms with Crippen molar-refractivity contribution < 1.29 is 70.7 Å². The molecule has 0 bridgehead atoms. The van der Waals surface area contributed by atoms with Crippen LogP contribution in [-0.2, 0) is 70.1 Å². The van der Waals surface area contributed by atoms with Gasteiger partial charge in [-0.25, -0.2) is 0 Å². The van der Waals surface area contributed by atoms with Crippen molar-refractivity contribution in [3.8, 4) is 0 Å². The summed E-state index contributed by atoms with van der Waals surface area (Å²) >= 11 is 6.12. The zero-order valence-electron chi connectivity index (χ0n) is 58.6. The molecule has 0 aromatic heterocycles. The lowest BCUT2D eigenvalue weighted by molar-refractivity contribution is -0.160. The third-order valence-electron chi connectivity index (χ3n) is 20.7. The van der Waals surface area contributed by atoms with E-state index in [9.17, 15) is 65.9 Å². The number of hydrogen-bond acceptors (Lipinski definition) is 12. The van der Waals surface area contributed by atoms with Gasteiger partial charge in [-0.2, -0.15) is 13.2 Å². The summed E-state index contributed by atoms with van der Waals surface area (Å²) in [6.07, 6.45) is 2.65. The molecule has 12 amide bonds. The third kappa shape index (κ3) is 18.8. The van der Waals surface area contributed by atoms with Gasteiger partial charge in [-0.15, -0.1) is 0 Å². The number of fused-ring (bicyclic) bond motifs is 2. The molecular formula is C68H104ClF3N12O12. The monoisotopic (exact) mass is 1370 g/mol. The summed E-state index contributed by atoms with van der Waals surface area (Å²) in [5.41, 5.74) is -0.782. The average molecular weight is 1370 g/mol. The fourth-order valence-corrected chi connectivity index (χ4v) is 14.5. The number of benzene rings is 1. The lowest BCUT2D eigenvalue weighted by atomic mass is 9.84. The highest BCUT2D eigenvalue weighted by atomic mass is 35.5. The van der Waals surface area contributed by atoms with Crippen LogP contribution >= 0.6 is 11.6 Å². The number of likely N-dealkylation sites (N-methyl/N-ethyl adjacent to an activating group) is 7. The van der Waals surface area contributed by atoms with E-state index >= 15 is 4.79 Å². The van der Waals surface area contributed by atoms with Crippen LogP contribution in [0.2, 0.25) is 5.02 Å². The fourth-order valence-electron chi connectivity index (χ4n) is 14.2. The van der Waals surface area contributed by atoms with E-state index in [1.807, 2.05) is 20.8 Å². The minimum absolute atomic E-state index is 0.0230. The van der Waals surface area contributed by atoms with Crippen LogP contribution in [0.5, 0.6) is 0 Å². The Morgan fingerprint density at radius 2 is 1.27 bits per heavy atom. The predicted molar refractivity (Wildman–Crippen MR) is 353 cm³/mol. The smallest absolute Gasteiger partial charge is 0.347 e. The van der Waals surface area contributed by atoms with Gasteiger partial charge in [0.25, 0.3) is 0 Å². The normalized spacial score (nSPS) is 28.0. The second-order valence-corrected chi connectivity index (χ2v) is 28.5. The first kappa shape index (κ1) is 77.9. The Morgan fingerprint density at radius 1 is 0.646 bits per heavy atom. The summed E-state index contributed by atoms with van der Waals surface area (Å²) in [4.78, 5) is 188. The van der Waals surface area contributed by atoms with Crippen molar-refractivity contribution >= 4 is 82.5 Å². The van der Waals surface area contributed by atoms with Crippen LogP contribution in [0.15, 0.2) is 18.2 Å².